The molecule has 6 nitrogen and oxygen atoms in total. The summed E-state index contributed by atoms with van der Waals surface area (Å²) < 4.78 is 2.68. The molecule has 3 heterocycles. The van der Waals surface area contributed by atoms with Gasteiger partial charge in [-0.3, -0.25) is 14.5 Å². The Labute approximate surface area is 155 Å². The Bertz CT molecular complexity index is 969. The summed E-state index contributed by atoms with van der Waals surface area (Å²) in [6.07, 6.45) is 1.64. The number of aromatic nitrogens is 2. The van der Waals surface area contributed by atoms with Crippen LogP contribution in [-0.4, -0.2) is 51.4 Å². The number of hydrogen-bond donors (Lipinski definition) is 0. The molecule has 1 aliphatic rings. The van der Waals surface area contributed by atoms with Crippen LogP contribution in [0.3, 0.4) is 0 Å². The molecule has 0 spiro atoms. The number of carbonyl (C=O) groups is 1. The average Bonchev–Trinajstić information content (AvgIpc) is 3.06. The Balaban J connectivity index is 1.38. The first-order chi connectivity index (χ1) is 12.6. The lowest BCUT2D eigenvalue weighted by Crippen LogP contribution is -2.48. The molecule has 1 aliphatic heterocycles. The first-order valence-corrected chi connectivity index (χ1v) is 9.44. The van der Waals surface area contributed by atoms with E-state index in [0.29, 0.717) is 18.7 Å². The SMILES string of the molecule is Cn1ccc(C(=O)N2CCN(Cc3nc4ccccc4s3)CC2)cc1=O. The van der Waals surface area contributed by atoms with Crippen molar-refractivity contribution in [2.24, 2.45) is 7.05 Å². The van der Waals surface area contributed by atoms with Gasteiger partial charge in [0.1, 0.15) is 5.01 Å². The quantitative estimate of drug-likeness (QED) is 0.709. The van der Waals surface area contributed by atoms with E-state index in [2.05, 4.69) is 16.0 Å². The molecule has 1 saturated heterocycles. The second-order valence-corrected chi connectivity index (χ2v) is 7.62. The number of aryl methyl sites for hydroxylation is 1. The van der Waals surface area contributed by atoms with Gasteiger partial charge in [0.05, 0.1) is 16.8 Å². The molecule has 7 heteroatoms. The molecule has 4 rings (SSSR count). The monoisotopic (exact) mass is 368 g/mol. The Hall–Kier alpha value is -2.51. The molecule has 1 amide bonds. The van der Waals surface area contributed by atoms with E-state index in [4.69, 9.17) is 0 Å². The molecule has 26 heavy (non-hydrogen) atoms. The molecule has 1 fully saturated rings. The fraction of sp³-hybridized carbons (Fsp3) is 0.316. The summed E-state index contributed by atoms with van der Waals surface area (Å²) in [5.74, 6) is -0.0673. The third-order valence-corrected chi connectivity index (χ3v) is 5.73. The number of para-hydroxylation sites is 1. The molecule has 0 bridgehead atoms. The number of amides is 1. The molecule has 3 aromatic rings. The first kappa shape index (κ1) is 16.9. The predicted molar refractivity (Wildman–Crippen MR) is 102 cm³/mol. The zero-order valence-electron chi connectivity index (χ0n) is 14.6. The number of benzene rings is 1. The molecule has 1 aromatic carbocycles. The van der Waals surface area contributed by atoms with Gasteiger partial charge in [0.15, 0.2) is 0 Å². The molecule has 0 radical (unpaired) electrons. The molecule has 134 valence electrons. The van der Waals surface area contributed by atoms with Gasteiger partial charge >= 0.3 is 0 Å². The Kier molecular flexibility index (Phi) is 4.57. The number of fused-ring (bicyclic) bond motifs is 1. The van der Waals surface area contributed by atoms with Crippen LogP contribution in [-0.2, 0) is 13.6 Å². The highest BCUT2D eigenvalue weighted by atomic mass is 32.1. The van der Waals surface area contributed by atoms with Crippen LogP contribution in [0.4, 0.5) is 0 Å². The highest BCUT2D eigenvalue weighted by Gasteiger charge is 2.23. The zero-order valence-corrected chi connectivity index (χ0v) is 15.4. The fourth-order valence-electron chi connectivity index (χ4n) is 3.15. The second-order valence-electron chi connectivity index (χ2n) is 6.51. The molecule has 0 aliphatic carbocycles. The Morgan fingerprint density at radius 3 is 2.65 bits per heavy atom. The summed E-state index contributed by atoms with van der Waals surface area (Å²) >= 11 is 1.73. The number of carbonyl (C=O) groups excluding carboxylic acids is 1. The van der Waals surface area contributed by atoms with Gasteiger partial charge in [-0.2, -0.15) is 0 Å². The average molecular weight is 368 g/mol. The Morgan fingerprint density at radius 2 is 1.92 bits per heavy atom. The van der Waals surface area contributed by atoms with E-state index in [1.165, 1.54) is 15.3 Å². The molecule has 2 aromatic heterocycles. The lowest BCUT2D eigenvalue weighted by molar-refractivity contribution is 0.0628. The number of hydrogen-bond acceptors (Lipinski definition) is 5. The van der Waals surface area contributed by atoms with Crippen LogP contribution in [0.15, 0.2) is 47.4 Å². The molecule has 0 atom stereocenters. The van der Waals surface area contributed by atoms with Crippen LogP contribution < -0.4 is 5.56 Å². The van der Waals surface area contributed by atoms with Crippen LogP contribution in [0.2, 0.25) is 0 Å². The molecule has 0 saturated carbocycles. The number of rotatable bonds is 3. The first-order valence-electron chi connectivity index (χ1n) is 8.63. The van der Waals surface area contributed by atoms with E-state index in [1.54, 1.807) is 30.6 Å². The minimum absolute atomic E-state index is 0.0673. The largest absolute Gasteiger partial charge is 0.336 e. The summed E-state index contributed by atoms with van der Waals surface area (Å²) in [6, 6.07) is 11.3. The third-order valence-electron chi connectivity index (χ3n) is 4.71. The maximum Gasteiger partial charge on any atom is 0.254 e. The van der Waals surface area contributed by atoms with Crippen molar-refractivity contribution in [1.82, 2.24) is 19.4 Å². The highest BCUT2D eigenvalue weighted by Crippen LogP contribution is 2.23. The van der Waals surface area contributed by atoms with Crippen LogP contribution in [0.25, 0.3) is 10.2 Å². The van der Waals surface area contributed by atoms with Gasteiger partial charge in [0.2, 0.25) is 0 Å². The van der Waals surface area contributed by atoms with E-state index in [0.717, 1.165) is 30.2 Å². The summed E-state index contributed by atoms with van der Waals surface area (Å²) in [6.45, 7) is 3.77. The maximum atomic E-state index is 12.6. The number of nitrogens with zero attached hydrogens (tertiary/aromatic N) is 4. The van der Waals surface area contributed by atoms with Crippen molar-refractivity contribution in [1.29, 1.82) is 0 Å². The van der Waals surface area contributed by atoms with E-state index < -0.39 is 0 Å². The molecular formula is C19H20N4O2S. The van der Waals surface area contributed by atoms with Gasteiger partial charge in [0.25, 0.3) is 11.5 Å². The molecule has 0 N–H and O–H groups in total. The van der Waals surface area contributed by atoms with Crippen molar-refractivity contribution >= 4 is 27.5 Å². The second kappa shape index (κ2) is 7.01. The fourth-order valence-corrected chi connectivity index (χ4v) is 4.16. The van der Waals surface area contributed by atoms with E-state index >= 15 is 0 Å². The minimum Gasteiger partial charge on any atom is -0.336 e. The van der Waals surface area contributed by atoms with Crippen LogP contribution in [0.1, 0.15) is 15.4 Å². The van der Waals surface area contributed by atoms with E-state index in [-0.39, 0.29) is 11.5 Å². The van der Waals surface area contributed by atoms with E-state index in [9.17, 15) is 9.59 Å². The lowest BCUT2D eigenvalue weighted by Gasteiger charge is -2.34. The molecule has 0 unspecified atom stereocenters. The Morgan fingerprint density at radius 1 is 1.15 bits per heavy atom. The summed E-state index contributed by atoms with van der Waals surface area (Å²) in [7, 11) is 1.68. The van der Waals surface area contributed by atoms with Crippen molar-refractivity contribution in [3.63, 3.8) is 0 Å². The van der Waals surface area contributed by atoms with Gasteiger partial charge in [-0.05, 0) is 18.2 Å². The normalized spacial score (nSPS) is 15.5. The van der Waals surface area contributed by atoms with Crippen LogP contribution in [0.5, 0.6) is 0 Å². The van der Waals surface area contributed by atoms with Gasteiger partial charge in [0, 0.05) is 51.1 Å². The van der Waals surface area contributed by atoms with Gasteiger partial charge < -0.3 is 9.47 Å². The summed E-state index contributed by atoms with van der Waals surface area (Å²) in [5.41, 5.74) is 1.35. The zero-order chi connectivity index (χ0) is 18.1. The number of pyridine rings is 1. The van der Waals surface area contributed by atoms with Gasteiger partial charge in [-0.1, -0.05) is 12.1 Å². The smallest absolute Gasteiger partial charge is 0.254 e. The predicted octanol–water partition coefficient (Wildman–Crippen LogP) is 1.95. The van der Waals surface area contributed by atoms with Crippen molar-refractivity contribution in [3.8, 4) is 0 Å². The number of thiazole rings is 1. The maximum absolute atomic E-state index is 12.6. The van der Waals surface area contributed by atoms with Crippen molar-refractivity contribution in [3.05, 3.63) is 63.5 Å². The van der Waals surface area contributed by atoms with Crippen molar-refractivity contribution in [2.45, 2.75) is 6.54 Å². The topological polar surface area (TPSA) is 58.4 Å². The van der Waals surface area contributed by atoms with Crippen LogP contribution in [0, 0.1) is 0 Å². The van der Waals surface area contributed by atoms with Crippen LogP contribution >= 0.6 is 11.3 Å². The third kappa shape index (κ3) is 3.40. The van der Waals surface area contributed by atoms with E-state index in [1.807, 2.05) is 23.1 Å². The van der Waals surface area contributed by atoms with Crippen molar-refractivity contribution in [2.75, 3.05) is 26.2 Å². The summed E-state index contributed by atoms with van der Waals surface area (Å²) in [5, 5.41) is 1.11. The minimum atomic E-state index is -0.162. The highest BCUT2D eigenvalue weighted by molar-refractivity contribution is 7.18. The standard InChI is InChI=1S/C19H20N4O2S/c1-21-7-6-14(12-18(21)24)19(25)23-10-8-22(9-11-23)13-17-20-15-4-2-3-5-16(15)26-17/h2-7,12H,8-11,13H2,1H3. The number of piperazine rings is 1. The van der Waals surface area contributed by atoms with Gasteiger partial charge in [-0.25, -0.2) is 4.98 Å². The molecular weight excluding hydrogens is 348 g/mol. The lowest BCUT2D eigenvalue weighted by atomic mass is 10.2. The van der Waals surface area contributed by atoms with Crippen molar-refractivity contribution < 1.29 is 4.79 Å². The summed E-state index contributed by atoms with van der Waals surface area (Å²) in [4.78, 5) is 33.2. The van der Waals surface area contributed by atoms with Gasteiger partial charge in [-0.15, -0.1) is 11.3 Å².